The van der Waals surface area contributed by atoms with Crippen LogP contribution in [0.15, 0.2) is 48.5 Å². The molecule has 0 aromatic heterocycles. The van der Waals surface area contributed by atoms with Crippen molar-refractivity contribution >= 4 is 32.9 Å². The smallest absolute Gasteiger partial charge is 0.872 e. The molecule has 0 aliphatic carbocycles. The molecule has 15 heteroatoms. The van der Waals surface area contributed by atoms with Crippen molar-refractivity contribution < 1.29 is 81.1 Å². The molecule has 0 N–H and O–H groups in total. The van der Waals surface area contributed by atoms with Gasteiger partial charge in [0, 0.05) is 26.4 Å². The maximum absolute atomic E-state index is 11.1. The number of benzene rings is 4. The molecule has 4 aromatic carbocycles. The molecule has 0 amide bonds. The molecule has 403 valence electrons. The predicted molar refractivity (Wildman–Crippen MR) is 301 cm³/mol. The van der Waals surface area contributed by atoms with Crippen molar-refractivity contribution in [3.8, 4) is 23.0 Å². The first-order valence-electron chi connectivity index (χ1n) is 24.5. The Morgan fingerprint density at radius 1 is 0.296 bits per heavy atom. The van der Waals surface area contributed by atoms with Crippen LogP contribution in [0.2, 0.25) is 78.6 Å². The molecule has 0 unspecified atom stereocenters. The van der Waals surface area contributed by atoms with Crippen molar-refractivity contribution in [1.82, 2.24) is 0 Å². The minimum atomic E-state index is -1.11. The van der Waals surface area contributed by atoms with E-state index in [9.17, 15) is 20.4 Å². The van der Waals surface area contributed by atoms with Gasteiger partial charge in [-0.1, -0.05) is 227 Å². The first-order chi connectivity index (χ1) is 30.9. The SMILES string of the molecule is C1CCOC1.C1CCOC1.C[Si](C)(C)[N-][Si](C)(C)C.C[Si](C)(C)[N-][Si](C)(C)C.Cc1cc(C)c([O-])c(C)c1.Cc1cc(C)c([O-])c(C)c1.Cc1cc(C)c([O-])c(C)c1.Cc1cc(C)c([O-])c(C)c1.[Mn+2].[Mn+2].[Mn+2]. The van der Waals surface area contributed by atoms with Crippen LogP contribution in [0.25, 0.3) is 9.30 Å². The van der Waals surface area contributed by atoms with Gasteiger partial charge in [-0.2, -0.15) is 0 Å². The molecular weight excluding hydrogens is 1070 g/mol. The molecule has 6 rings (SSSR count). The monoisotopic (exact) mass is 1170 g/mol. The summed E-state index contributed by atoms with van der Waals surface area (Å²) in [4.78, 5) is 0. The van der Waals surface area contributed by atoms with Gasteiger partial charge in [-0.3, -0.25) is 0 Å². The van der Waals surface area contributed by atoms with Crippen LogP contribution < -0.4 is 20.4 Å². The Morgan fingerprint density at radius 3 is 0.493 bits per heavy atom. The molecule has 2 aliphatic heterocycles. The molecule has 71 heavy (non-hydrogen) atoms. The van der Waals surface area contributed by atoms with Gasteiger partial charge in [0.2, 0.25) is 0 Å². The molecule has 2 saturated heterocycles. The third-order valence-electron chi connectivity index (χ3n) is 9.42. The van der Waals surface area contributed by atoms with E-state index in [1.54, 1.807) is 0 Å². The first-order valence-corrected chi connectivity index (χ1v) is 38.3. The van der Waals surface area contributed by atoms with Crippen molar-refractivity contribution in [2.75, 3.05) is 26.4 Å². The fraction of sp³-hybridized carbons (Fsp3) is 0.571. The Balaban J connectivity index is -0.000000234. The molecule has 0 spiro atoms. The minimum absolute atomic E-state index is 0. The molecular formula is C56H96Mn3N2O6Si4. The van der Waals surface area contributed by atoms with Gasteiger partial charge in [0.15, 0.2) is 0 Å². The molecule has 3 radical (unpaired) electrons. The Bertz CT molecular complexity index is 1680. The minimum Gasteiger partial charge on any atom is -0.872 e. The summed E-state index contributed by atoms with van der Waals surface area (Å²) in [6.07, 6.45) is 5.11. The largest absolute Gasteiger partial charge is 2.00 e. The summed E-state index contributed by atoms with van der Waals surface area (Å²) in [5, 5.41) is 44.5. The second-order valence-electron chi connectivity index (χ2n) is 22.5. The molecule has 0 atom stereocenters. The first kappa shape index (κ1) is 78.2. The van der Waals surface area contributed by atoms with E-state index in [0.717, 1.165) is 93.2 Å². The summed E-state index contributed by atoms with van der Waals surface area (Å²) < 4.78 is 19.5. The fourth-order valence-electron chi connectivity index (χ4n) is 7.70. The molecule has 0 bridgehead atoms. The van der Waals surface area contributed by atoms with Gasteiger partial charge in [-0.15, -0.1) is 23.0 Å². The summed E-state index contributed by atoms with van der Waals surface area (Å²) >= 11 is 0. The predicted octanol–water partition coefficient (Wildman–Crippen LogP) is 14.4. The van der Waals surface area contributed by atoms with Crippen molar-refractivity contribution in [1.29, 1.82) is 0 Å². The van der Waals surface area contributed by atoms with E-state index in [-0.39, 0.29) is 74.2 Å². The van der Waals surface area contributed by atoms with Crippen LogP contribution >= 0.6 is 0 Å². The van der Waals surface area contributed by atoms with E-state index < -0.39 is 32.9 Å². The molecule has 2 heterocycles. The summed E-state index contributed by atoms with van der Waals surface area (Å²) in [5.74, 6) is 0.687. The molecule has 2 aliphatic rings. The normalized spacial score (nSPS) is 12.5. The van der Waals surface area contributed by atoms with E-state index in [1.165, 1.54) is 25.7 Å². The average Bonchev–Trinajstić information content (AvgIpc) is 3.93. The van der Waals surface area contributed by atoms with Gasteiger partial charge in [-0.05, 0) is 109 Å². The average molecular weight is 1170 g/mol. The molecule has 4 aromatic rings. The fourth-order valence-corrected chi connectivity index (χ4v) is 23.8. The molecule has 2 fully saturated rings. The van der Waals surface area contributed by atoms with Crippen LogP contribution in [0.5, 0.6) is 23.0 Å². The zero-order valence-electron chi connectivity index (χ0n) is 48.8. The van der Waals surface area contributed by atoms with Gasteiger partial charge in [0.1, 0.15) is 0 Å². The van der Waals surface area contributed by atoms with E-state index in [0.29, 0.717) is 0 Å². The summed E-state index contributed by atoms with van der Waals surface area (Å²) in [6.45, 7) is 54.4. The Kier molecular flexibility index (Phi) is 41.8. The van der Waals surface area contributed by atoms with Gasteiger partial charge in [0.05, 0.1) is 0 Å². The second kappa shape index (κ2) is 38.0. The maximum Gasteiger partial charge on any atom is 2.00 e. The van der Waals surface area contributed by atoms with Gasteiger partial charge in [-0.25, -0.2) is 0 Å². The maximum atomic E-state index is 11.1. The molecule has 0 saturated carbocycles. The van der Waals surface area contributed by atoms with Crippen LogP contribution in [0.3, 0.4) is 0 Å². The van der Waals surface area contributed by atoms with Crippen molar-refractivity contribution in [2.45, 2.75) is 187 Å². The summed E-state index contributed by atoms with van der Waals surface area (Å²) in [6, 6.07) is 15.3. The van der Waals surface area contributed by atoms with E-state index in [4.69, 9.17) is 18.8 Å². The number of ether oxygens (including phenoxy) is 2. The number of aryl methyl sites for hydroxylation is 12. The van der Waals surface area contributed by atoms with Crippen LogP contribution in [-0.4, -0.2) is 59.4 Å². The number of hydrogen-bond donors (Lipinski definition) is 0. The molecule has 8 nitrogen and oxygen atoms in total. The van der Waals surface area contributed by atoms with E-state index in [1.807, 2.05) is 132 Å². The Labute approximate surface area is 471 Å². The van der Waals surface area contributed by atoms with Crippen LogP contribution in [0.1, 0.15) is 92.4 Å². The van der Waals surface area contributed by atoms with Crippen LogP contribution in [0.4, 0.5) is 0 Å². The van der Waals surface area contributed by atoms with E-state index >= 15 is 0 Å². The third-order valence-corrected chi connectivity index (χ3v) is 20.1. The van der Waals surface area contributed by atoms with Gasteiger partial charge >= 0.3 is 51.2 Å². The Hall–Kier alpha value is -1.65. The number of rotatable bonds is 4. The second-order valence-corrected chi connectivity index (χ2v) is 41.6. The topological polar surface area (TPSA) is 139 Å². The van der Waals surface area contributed by atoms with Crippen molar-refractivity contribution in [2.24, 2.45) is 0 Å². The zero-order valence-corrected chi connectivity index (χ0v) is 56.3. The van der Waals surface area contributed by atoms with Crippen molar-refractivity contribution in [3.05, 3.63) is 125 Å². The number of nitrogens with zero attached hydrogens (tertiary/aromatic N) is 2. The third kappa shape index (κ3) is 42.3. The number of hydrogen-bond acceptors (Lipinski definition) is 6. The van der Waals surface area contributed by atoms with Crippen LogP contribution in [-0.2, 0) is 60.7 Å². The summed E-state index contributed by atoms with van der Waals surface area (Å²) in [7, 11) is -4.42. The quantitative estimate of drug-likeness (QED) is 0.187. The van der Waals surface area contributed by atoms with Crippen LogP contribution in [0, 0.1) is 83.1 Å². The Morgan fingerprint density at radius 2 is 0.423 bits per heavy atom. The summed E-state index contributed by atoms with van der Waals surface area (Å²) in [5.41, 5.74) is 11.4. The zero-order chi connectivity index (χ0) is 53.4. The van der Waals surface area contributed by atoms with Gasteiger partial charge in [0.25, 0.3) is 0 Å². The van der Waals surface area contributed by atoms with Crippen molar-refractivity contribution in [3.63, 3.8) is 0 Å². The van der Waals surface area contributed by atoms with Gasteiger partial charge < -0.3 is 39.2 Å². The van der Waals surface area contributed by atoms with E-state index in [2.05, 4.69) is 78.6 Å². The standard InChI is InChI=1S/4C9H12O.2C6H18NSi2.2C4H8O.3Mn/c4*1-6-4-7(2)9(10)8(3)5-6;2*1-8(2,3)7-9(4,5)6;2*1-2-4-5-3-1;;;/h4*4-5,10H,1-3H3;2*1-6H3;2*1-4H2;;;/q;;;;2*-1;;;3*+2/p-4.